The first kappa shape index (κ1) is 51.7. The highest BCUT2D eigenvalue weighted by molar-refractivity contribution is 7.47. The Labute approximate surface area is 327 Å². The molecule has 8 nitrogen and oxygen atoms in total. The lowest BCUT2D eigenvalue weighted by Crippen LogP contribution is -2.46. The fourth-order valence-corrected chi connectivity index (χ4v) is 6.91. The Morgan fingerprint density at radius 1 is 0.660 bits per heavy atom. The molecule has 0 bridgehead atoms. The van der Waals surface area contributed by atoms with Crippen LogP contribution in [0, 0.1) is 0 Å². The minimum Gasteiger partial charge on any atom is -0.391 e. The van der Waals surface area contributed by atoms with Gasteiger partial charge in [0.05, 0.1) is 39.9 Å². The molecule has 312 valence electrons. The molecule has 0 spiro atoms. The van der Waals surface area contributed by atoms with Crippen LogP contribution in [0.3, 0.4) is 0 Å². The molecule has 0 rings (SSSR count). The van der Waals surface area contributed by atoms with Crippen LogP contribution in [0.25, 0.3) is 0 Å². The second-order valence-electron chi connectivity index (χ2n) is 16.0. The minimum absolute atomic E-state index is 0.0682. The maximum absolute atomic E-state index is 12.8. The van der Waals surface area contributed by atoms with Gasteiger partial charge >= 0.3 is 7.82 Å². The summed E-state index contributed by atoms with van der Waals surface area (Å²) >= 11 is 0. The number of hydrogen-bond acceptors (Lipinski definition) is 5. The van der Waals surface area contributed by atoms with E-state index in [2.05, 4.69) is 55.6 Å². The first-order chi connectivity index (χ1) is 25.5. The molecule has 3 N–H and O–H groups in total. The van der Waals surface area contributed by atoms with E-state index in [0.717, 1.165) is 64.2 Å². The van der Waals surface area contributed by atoms with E-state index in [0.29, 0.717) is 23.9 Å². The molecule has 0 aliphatic heterocycles. The van der Waals surface area contributed by atoms with Crippen molar-refractivity contribution in [1.82, 2.24) is 5.32 Å². The summed E-state index contributed by atoms with van der Waals surface area (Å²) < 4.78 is 23.6. The zero-order chi connectivity index (χ0) is 39.3. The van der Waals surface area contributed by atoms with Gasteiger partial charge in [-0.15, -0.1) is 0 Å². The molecular formula is C44H86N2O6P+. The van der Waals surface area contributed by atoms with Crippen LogP contribution >= 0.6 is 7.82 Å². The monoisotopic (exact) mass is 770 g/mol. The fourth-order valence-electron chi connectivity index (χ4n) is 6.18. The molecule has 0 fully saturated rings. The number of hydrogen-bond donors (Lipinski definition) is 3. The Morgan fingerprint density at radius 3 is 1.64 bits per heavy atom. The van der Waals surface area contributed by atoms with E-state index >= 15 is 0 Å². The highest BCUT2D eigenvalue weighted by Crippen LogP contribution is 2.43. The number of nitrogens with one attached hydrogen (secondary N) is 1. The van der Waals surface area contributed by atoms with Crippen molar-refractivity contribution in [2.45, 2.75) is 199 Å². The molecule has 1 amide bonds. The molecule has 53 heavy (non-hydrogen) atoms. The van der Waals surface area contributed by atoms with Crippen molar-refractivity contribution in [1.29, 1.82) is 0 Å². The Balaban J connectivity index is 4.39. The molecule has 0 radical (unpaired) electrons. The smallest absolute Gasteiger partial charge is 0.391 e. The first-order valence-corrected chi connectivity index (χ1v) is 23.3. The highest BCUT2D eigenvalue weighted by Gasteiger charge is 2.28. The van der Waals surface area contributed by atoms with E-state index in [1.807, 2.05) is 21.1 Å². The summed E-state index contributed by atoms with van der Waals surface area (Å²) in [6, 6.07) is -0.774. The molecule has 0 aromatic carbocycles. The lowest BCUT2D eigenvalue weighted by Gasteiger charge is -2.26. The number of carbonyl (C=O) groups is 1. The van der Waals surface area contributed by atoms with Gasteiger partial charge in [0.2, 0.25) is 5.91 Å². The topological polar surface area (TPSA) is 105 Å². The summed E-state index contributed by atoms with van der Waals surface area (Å²) in [6.45, 7) is 4.74. The Morgan fingerprint density at radius 2 is 1.13 bits per heavy atom. The summed E-state index contributed by atoms with van der Waals surface area (Å²) in [6.07, 6.45) is 43.2. The van der Waals surface area contributed by atoms with Crippen LogP contribution in [0.5, 0.6) is 0 Å². The third-order valence-corrected chi connectivity index (χ3v) is 10.6. The van der Waals surface area contributed by atoms with Gasteiger partial charge in [-0.1, -0.05) is 172 Å². The van der Waals surface area contributed by atoms with Crippen molar-refractivity contribution >= 4 is 13.7 Å². The van der Waals surface area contributed by atoms with Crippen LogP contribution in [-0.2, 0) is 18.4 Å². The third kappa shape index (κ3) is 38.8. The number of quaternary nitrogens is 1. The van der Waals surface area contributed by atoms with Gasteiger partial charge in [-0.05, 0) is 44.9 Å². The predicted molar refractivity (Wildman–Crippen MR) is 226 cm³/mol. The van der Waals surface area contributed by atoms with Gasteiger partial charge in [-0.25, -0.2) is 4.57 Å². The largest absolute Gasteiger partial charge is 0.472 e. The van der Waals surface area contributed by atoms with E-state index in [1.54, 1.807) is 0 Å². The Kier molecular flexibility index (Phi) is 35.5. The molecule has 9 heteroatoms. The van der Waals surface area contributed by atoms with Crippen LogP contribution in [0.4, 0.5) is 0 Å². The summed E-state index contributed by atoms with van der Waals surface area (Å²) in [5.41, 5.74) is 0. The number of nitrogens with zero attached hydrogens (tertiary/aromatic N) is 1. The first-order valence-electron chi connectivity index (χ1n) is 21.9. The molecule has 0 aliphatic rings. The molecule has 0 saturated carbocycles. The van der Waals surface area contributed by atoms with Gasteiger partial charge in [0.1, 0.15) is 13.2 Å². The number of carbonyl (C=O) groups excluding carboxylic acids is 1. The highest BCUT2D eigenvalue weighted by atomic mass is 31.2. The average Bonchev–Trinajstić information content (AvgIpc) is 3.10. The van der Waals surface area contributed by atoms with Crippen LogP contribution in [-0.4, -0.2) is 73.4 Å². The van der Waals surface area contributed by atoms with Gasteiger partial charge in [0, 0.05) is 6.42 Å². The second kappa shape index (κ2) is 36.4. The predicted octanol–water partition coefficient (Wildman–Crippen LogP) is 11.9. The van der Waals surface area contributed by atoms with E-state index in [-0.39, 0.29) is 19.1 Å². The fraction of sp³-hybridized carbons (Fsp3) is 0.841. The van der Waals surface area contributed by atoms with E-state index < -0.39 is 20.0 Å². The molecule has 0 aliphatic carbocycles. The number of phosphoric ester groups is 1. The molecule has 3 atom stereocenters. The van der Waals surface area contributed by atoms with Crippen LogP contribution < -0.4 is 5.32 Å². The molecule has 0 aromatic rings. The normalized spacial score (nSPS) is 14.8. The van der Waals surface area contributed by atoms with E-state index in [9.17, 15) is 19.4 Å². The number of aliphatic hydroxyl groups excluding tert-OH is 1. The van der Waals surface area contributed by atoms with Crippen molar-refractivity contribution in [3.8, 4) is 0 Å². The number of rotatable bonds is 39. The van der Waals surface area contributed by atoms with Crippen molar-refractivity contribution in [3.05, 3.63) is 36.5 Å². The van der Waals surface area contributed by atoms with Crippen molar-refractivity contribution < 1.29 is 32.9 Å². The van der Waals surface area contributed by atoms with Gasteiger partial charge in [0.25, 0.3) is 0 Å². The van der Waals surface area contributed by atoms with E-state index in [1.165, 1.54) is 96.3 Å². The number of allylic oxidation sites excluding steroid dienone is 6. The molecule has 0 heterocycles. The Hall–Kier alpha value is -1.28. The van der Waals surface area contributed by atoms with Gasteiger partial charge in [0.15, 0.2) is 0 Å². The van der Waals surface area contributed by atoms with Crippen LogP contribution in [0.15, 0.2) is 36.5 Å². The van der Waals surface area contributed by atoms with Crippen LogP contribution in [0.2, 0.25) is 0 Å². The molecule has 0 saturated heterocycles. The van der Waals surface area contributed by atoms with Crippen molar-refractivity contribution in [3.63, 3.8) is 0 Å². The summed E-state index contributed by atoms with van der Waals surface area (Å²) in [5, 5.41) is 13.9. The molecular weight excluding hydrogens is 683 g/mol. The SMILES string of the molecule is CC/C=C\C/C=C\C/C=C\CCCCCC(=O)NC(COP(=O)(O)OCC[N+](C)(C)C)C(O)CCCCCCCCCCCCCCCCCCCC. The summed E-state index contributed by atoms with van der Waals surface area (Å²) in [5.74, 6) is -0.174. The average molecular weight is 770 g/mol. The number of unbranched alkanes of at least 4 members (excludes halogenated alkanes) is 20. The summed E-state index contributed by atoms with van der Waals surface area (Å²) in [4.78, 5) is 23.1. The second-order valence-corrected chi connectivity index (χ2v) is 17.5. The summed E-state index contributed by atoms with van der Waals surface area (Å²) in [7, 11) is 1.59. The lowest BCUT2D eigenvalue weighted by atomic mass is 10.0. The van der Waals surface area contributed by atoms with Gasteiger partial charge in [-0.2, -0.15) is 0 Å². The molecule has 3 unspecified atom stereocenters. The molecule has 0 aromatic heterocycles. The number of amides is 1. The number of phosphoric acid groups is 1. The maximum Gasteiger partial charge on any atom is 0.472 e. The maximum atomic E-state index is 12.8. The third-order valence-electron chi connectivity index (χ3n) is 9.65. The number of aliphatic hydroxyl groups is 1. The minimum atomic E-state index is -4.32. The lowest BCUT2D eigenvalue weighted by molar-refractivity contribution is -0.870. The van der Waals surface area contributed by atoms with Crippen LogP contribution in [0.1, 0.15) is 187 Å². The standard InChI is InChI=1S/C44H85N2O6P/c1-6-8-10-12-14-16-18-20-21-22-23-24-26-27-29-31-33-35-37-43(47)42(41-52-53(49,50)51-40-39-46(3,4)5)45-44(48)38-36-34-32-30-28-25-19-17-15-13-11-9-7-2/h9,11,15,17,25,28,42-43,47H,6-8,10,12-14,16,18-24,26-27,29-41H2,1-5H3,(H-,45,48,49,50)/p+1/b11-9-,17-15-,28-25-. The van der Waals surface area contributed by atoms with Gasteiger partial charge < -0.3 is 19.8 Å². The Bertz CT molecular complexity index is 964. The van der Waals surface area contributed by atoms with Crippen molar-refractivity contribution in [2.75, 3.05) is 40.9 Å². The zero-order valence-electron chi connectivity index (χ0n) is 35.3. The van der Waals surface area contributed by atoms with E-state index in [4.69, 9.17) is 9.05 Å². The zero-order valence-corrected chi connectivity index (χ0v) is 36.1. The van der Waals surface area contributed by atoms with Crippen molar-refractivity contribution in [2.24, 2.45) is 0 Å². The van der Waals surface area contributed by atoms with Gasteiger partial charge in [-0.3, -0.25) is 13.8 Å². The quantitative estimate of drug-likeness (QED) is 0.0249. The number of likely N-dealkylation sites (N-methyl/N-ethyl adjacent to an activating group) is 1.